The van der Waals surface area contributed by atoms with E-state index in [4.69, 9.17) is 5.26 Å². The molecule has 0 saturated heterocycles. The first-order chi connectivity index (χ1) is 11.8. The standard InChI is InChI=1S/C20H20N2O3/c1-20(2,19(24)25)17(15-7-5-4-6-8-15)22(3)18(23)16-11-9-14(13-21)10-12-16/h4-12,17H,1-3H3,(H,24,25). The smallest absolute Gasteiger partial charge is 0.311 e. The molecular formula is C20H20N2O3. The van der Waals surface area contributed by atoms with Crippen LogP contribution in [0.25, 0.3) is 0 Å². The summed E-state index contributed by atoms with van der Waals surface area (Å²) in [7, 11) is 1.60. The second-order valence-electron chi connectivity index (χ2n) is 6.45. The van der Waals surface area contributed by atoms with Gasteiger partial charge in [-0.2, -0.15) is 5.26 Å². The van der Waals surface area contributed by atoms with Gasteiger partial charge in [-0.1, -0.05) is 30.3 Å². The predicted octanol–water partition coefficient (Wildman–Crippen LogP) is 3.48. The Labute approximate surface area is 147 Å². The van der Waals surface area contributed by atoms with Gasteiger partial charge in [0.1, 0.15) is 0 Å². The molecule has 5 heteroatoms. The van der Waals surface area contributed by atoms with Crippen LogP contribution in [-0.2, 0) is 4.79 Å². The molecule has 0 spiro atoms. The van der Waals surface area contributed by atoms with Crippen LogP contribution < -0.4 is 0 Å². The first kappa shape index (κ1) is 18.2. The Balaban J connectivity index is 2.44. The van der Waals surface area contributed by atoms with Gasteiger partial charge in [0.05, 0.1) is 23.1 Å². The van der Waals surface area contributed by atoms with Crippen molar-refractivity contribution in [2.75, 3.05) is 7.05 Å². The fourth-order valence-electron chi connectivity index (χ4n) is 2.88. The number of carboxylic acids is 1. The van der Waals surface area contributed by atoms with Gasteiger partial charge in [-0.25, -0.2) is 0 Å². The van der Waals surface area contributed by atoms with Crippen LogP contribution in [0, 0.1) is 16.7 Å². The van der Waals surface area contributed by atoms with Crippen LogP contribution in [0.15, 0.2) is 54.6 Å². The number of amides is 1. The number of carbonyl (C=O) groups excluding carboxylic acids is 1. The molecule has 2 aromatic carbocycles. The van der Waals surface area contributed by atoms with E-state index in [1.807, 2.05) is 36.4 Å². The van der Waals surface area contributed by atoms with E-state index in [-0.39, 0.29) is 5.91 Å². The highest BCUT2D eigenvalue weighted by molar-refractivity contribution is 5.95. The van der Waals surface area contributed by atoms with E-state index in [9.17, 15) is 14.7 Å². The molecule has 0 aliphatic carbocycles. The third kappa shape index (κ3) is 3.69. The van der Waals surface area contributed by atoms with Crippen LogP contribution in [0.5, 0.6) is 0 Å². The lowest BCUT2D eigenvalue weighted by Crippen LogP contribution is -2.43. The van der Waals surface area contributed by atoms with Crippen LogP contribution in [0.3, 0.4) is 0 Å². The minimum Gasteiger partial charge on any atom is -0.481 e. The molecule has 0 aliphatic heterocycles. The molecule has 2 rings (SSSR count). The molecule has 0 saturated carbocycles. The van der Waals surface area contributed by atoms with Crippen molar-refractivity contribution in [3.8, 4) is 6.07 Å². The highest BCUT2D eigenvalue weighted by Gasteiger charge is 2.42. The van der Waals surface area contributed by atoms with E-state index in [0.29, 0.717) is 11.1 Å². The monoisotopic (exact) mass is 336 g/mol. The fraction of sp³-hybridized carbons (Fsp3) is 0.250. The normalized spacial score (nSPS) is 12.1. The van der Waals surface area contributed by atoms with Crippen molar-refractivity contribution in [3.63, 3.8) is 0 Å². The van der Waals surface area contributed by atoms with Crippen LogP contribution in [0.1, 0.15) is 41.4 Å². The minimum atomic E-state index is -1.18. The molecule has 0 heterocycles. The molecule has 0 aliphatic rings. The van der Waals surface area contributed by atoms with Gasteiger partial charge in [-0.05, 0) is 43.7 Å². The lowest BCUT2D eigenvalue weighted by Gasteiger charge is -2.38. The molecule has 0 fully saturated rings. The zero-order valence-corrected chi connectivity index (χ0v) is 14.4. The summed E-state index contributed by atoms with van der Waals surface area (Å²) < 4.78 is 0. The van der Waals surface area contributed by atoms with Crippen molar-refractivity contribution in [1.82, 2.24) is 4.90 Å². The molecule has 25 heavy (non-hydrogen) atoms. The first-order valence-electron chi connectivity index (χ1n) is 7.84. The maximum absolute atomic E-state index is 12.9. The van der Waals surface area contributed by atoms with Gasteiger partial charge in [0, 0.05) is 12.6 Å². The van der Waals surface area contributed by atoms with Gasteiger partial charge >= 0.3 is 5.97 Å². The van der Waals surface area contributed by atoms with E-state index < -0.39 is 17.4 Å². The highest BCUT2D eigenvalue weighted by atomic mass is 16.4. The van der Waals surface area contributed by atoms with E-state index in [1.54, 1.807) is 45.2 Å². The maximum atomic E-state index is 12.9. The van der Waals surface area contributed by atoms with Crippen LogP contribution in [-0.4, -0.2) is 28.9 Å². The van der Waals surface area contributed by atoms with Crippen molar-refractivity contribution in [3.05, 3.63) is 71.3 Å². The number of rotatable bonds is 5. The number of nitriles is 1. The second kappa shape index (κ2) is 7.18. The minimum absolute atomic E-state index is 0.298. The van der Waals surface area contributed by atoms with Gasteiger partial charge in [-0.3, -0.25) is 9.59 Å². The molecule has 128 valence electrons. The number of hydrogen-bond donors (Lipinski definition) is 1. The van der Waals surface area contributed by atoms with E-state index >= 15 is 0 Å². The third-order valence-corrected chi connectivity index (χ3v) is 4.32. The number of hydrogen-bond acceptors (Lipinski definition) is 3. The van der Waals surface area contributed by atoms with Gasteiger partial charge in [-0.15, -0.1) is 0 Å². The summed E-state index contributed by atoms with van der Waals surface area (Å²) >= 11 is 0. The Morgan fingerprint density at radius 3 is 2.12 bits per heavy atom. The Hall–Kier alpha value is -3.13. The highest BCUT2D eigenvalue weighted by Crippen LogP contribution is 2.38. The summed E-state index contributed by atoms with van der Waals surface area (Å²) in [4.78, 5) is 26.1. The van der Waals surface area contributed by atoms with Crippen LogP contribution in [0.4, 0.5) is 0 Å². The molecule has 5 nitrogen and oxygen atoms in total. The Morgan fingerprint density at radius 2 is 1.64 bits per heavy atom. The van der Waals surface area contributed by atoms with Gasteiger partial charge in [0.25, 0.3) is 5.91 Å². The van der Waals surface area contributed by atoms with E-state index in [1.165, 1.54) is 4.90 Å². The zero-order chi connectivity index (χ0) is 18.6. The lowest BCUT2D eigenvalue weighted by molar-refractivity contribution is -0.150. The van der Waals surface area contributed by atoms with Crippen molar-refractivity contribution in [2.24, 2.45) is 5.41 Å². The molecule has 1 atom stereocenters. The molecule has 1 unspecified atom stereocenters. The molecule has 1 amide bonds. The molecule has 0 aromatic heterocycles. The first-order valence-corrected chi connectivity index (χ1v) is 7.84. The SMILES string of the molecule is CN(C(=O)c1ccc(C#N)cc1)C(c1ccccc1)C(C)(C)C(=O)O. The maximum Gasteiger partial charge on any atom is 0.311 e. The Kier molecular flexibility index (Phi) is 5.23. The third-order valence-electron chi connectivity index (χ3n) is 4.32. The van der Waals surface area contributed by atoms with Crippen molar-refractivity contribution in [1.29, 1.82) is 5.26 Å². The quantitative estimate of drug-likeness (QED) is 0.906. The number of carbonyl (C=O) groups is 2. The van der Waals surface area contributed by atoms with Gasteiger partial charge in [0.2, 0.25) is 0 Å². The Bertz CT molecular complexity index is 805. The zero-order valence-electron chi connectivity index (χ0n) is 14.4. The second-order valence-corrected chi connectivity index (χ2v) is 6.45. The summed E-state index contributed by atoms with van der Waals surface area (Å²) in [6.07, 6.45) is 0. The average molecular weight is 336 g/mol. The number of benzene rings is 2. The van der Waals surface area contributed by atoms with Gasteiger partial charge < -0.3 is 10.0 Å². The van der Waals surface area contributed by atoms with Crippen LogP contribution in [0.2, 0.25) is 0 Å². The van der Waals surface area contributed by atoms with E-state index in [0.717, 1.165) is 5.56 Å². The average Bonchev–Trinajstić information content (AvgIpc) is 2.61. The molecule has 0 bridgehead atoms. The number of aliphatic carboxylic acids is 1. The molecule has 1 N–H and O–H groups in total. The topological polar surface area (TPSA) is 81.4 Å². The summed E-state index contributed by atoms with van der Waals surface area (Å²) in [6, 6.07) is 16.8. The largest absolute Gasteiger partial charge is 0.481 e. The van der Waals surface area contributed by atoms with Gasteiger partial charge in [0.15, 0.2) is 0 Å². The van der Waals surface area contributed by atoms with Crippen molar-refractivity contribution >= 4 is 11.9 Å². The predicted molar refractivity (Wildman–Crippen MR) is 93.9 cm³/mol. The van der Waals surface area contributed by atoms with Crippen LogP contribution >= 0.6 is 0 Å². The summed E-state index contributed by atoms with van der Waals surface area (Å²) in [5.74, 6) is -1.28. The van der Waals surface area contributed by atoms with Crippen molar-refractivity contribution in [2.45, 2.75) is 19.9 Å². The summed E-state index contributed by atoms with van der Waals surface area (Å²) in [5.41, 5.74) is 0.436. The fourth-order valence-corrected chi connectivity index (χ4v) is 2.88. The molecule has 2 aromatic rings. The summed E-state index contributed by atoms with van der Waals surface area (Å²) in [5, 5.41) is 18.5. The lowest BCUT2D eigenvalue weighted by atomic mass is 9.79. The number of carboxylic acid groups (broad SMARTS) is 1. The van der Waals surface area contributed by atoms with Crippen molar-refractivity contribution < 1.29 is 14.7 Å². The van der Waals surface area contributed by atoms with E-state index in [2.05, 4.69) is 0 Å². The Morgan fingerprint density at radius 1 is 1.08 bits per heavy atom. The number of nitrogens with zero attached hydrogens (tertiary/aromatic N) is 2. The molecule has 0 radical (unpaired) electrons. The molecular weight excluding hydrogens is 316 g/mol. The summed E-state index contributed by atoms with van der Waals surface area (Å²) in [6.45, 7) is 3.21.